The van der Waals surface area contributed by atoms with E-state index in [1.165, 1.54) is 12.8 Å². The molecule has 0 atom stereocenters. The molecule has 4 aromatic rings. The van der Waals surface area contributed by atoms with Crippen LogP contribution in [0.4, 0.5) is 21.0 Å². The van der Waals surface area contributed by atoms with Gasteiger partial charge in [-0.15, -0.1) is 0 Å². The molecule has 2 aliphatic heterocycles. The summed E-state index contributed by atoms with van der Waals surface area (Å²) >= 11 is 6.92. The number of aromatic nitrogens is 4. The first-order valence-electron chi connectivity index (χ1n) is 15.9. The van der Waals surface area contributed by atoms with Crippen LogP contribution < -0.4 is 10.2 Å². The second kappa shape index (κ2) is 11.6. The van der Waals surface area contributed by atoms with E-state index in [-0.39, 0.29) is 22.7 Å². The molecule has 2 aromatic heterocycles. The molecule has 12 heteroatoms. The van der Waals surface area contributed by atoms with E-state index < -0.39 is 11.4 Å². The highest BCUT2D eigenvalue weighted by Crippen LogP contribution is 2.42. The van der Waals surface area contributed by atoms with Crippen molar-refractivity contribution in [3.05, 3.63) is 40.8 Å². The number of piperidine rings is 1. The predicted molar refractivity (Wildman–Crippen MR) is 176 cm³/mol. The van der Waals surface area contributed by atoms with Crippen LogP contribution in [0.1, 0.15) is 52.0 Å². The van der Waals surface area contributed by atoms with Crippen molar-refractivity contribution in [3.63, 3.8) is 0 Å². The van der Waals surface area contributed by atoms with Crippen LogP contribution in [0.15, 0.2) is 24.4 Å². The molecule has 4 heterocycles. The van der Waals surface area contributed by atoms with Gasteiger partial charge in [0.25, 0.3) is 0 Å². The van der Waals surface area contributed by atoms with Gasteiger partial charge < -0.3 is 24.8 Å². The summed E-state index contributed by atoms with van der Waals surface area (Å²) in [5, 5.41) is 12.3. The maximum Gasteiger partial charge on any atom is 0.410 e. The number of amides is 1. The molecule has 1 saturated carbocycles. The average molecular weight is 635 g/mol. The zero-order valence-electron chi connectivity index (χ0n) is 26.3. The standard InChI is InChI=1S/C33H40ClFN8O2/c1-19-5-8-25-23(18-36-40-25)26(19)27-24(34)17-22-29(28(27)35)38-31(37-20-9-11-41(12-10-20)21-6-7-21)39-30(22)42-13-15-43(16-14-42)32(44)45-33(2,3)4/h5,8,17-18,20-21H,6-7,9-16H2,1-4H3,(H,36,40)(H,37,38,39). The second-order valence-corrected chi connectivity index (χ2v) is 14.0. The van der Waals surface area contributed by atoms with Gasteiger partial charge in [-0.05, 0) is 71.1 Å². The summed E-state index contributed by atoms with van der Waals surface area (Å²) < 4.78 is 22.5. The van der Waals surface area contributed by atoms with Crippen molar-refractivity contribution >= 4 is 51.3 Å². The summed E-state index contributed by atoms with van der Waals surface area (Å²) in [6, 6.07) is 6.59. The Bertz CT molecular complexity index is 1750. The van der Waals surface area contributed by atoms with Gasteiger partial charge in [-0.3, -0.25) is 5.10 Å². The molecule has 0 bridgehead atoms. The summed E-state index contributed by atoms with van der Waals surface area (Å²) in [6.45, 7) is 11.5. The molecule has 7 rings (SSSR count). The third-order valence-electron chi connectivity index (χ3n) is 9.10. The van der Waals surface area contributed by atoms with Gasteiger partial charge in [-0.25, -0.2) is 14.2 Å². The van der Waals surface area contributed by atoms with Crippen molar-refractivity contribution in [2.24, 2.45) is 0 Å². The lowest BCUT2D eigenvalue weighted by Gasteiger charge is -2.37. The summed E-state index contributed by atoms with van der Waals surface area (Å²) in [4.78, 5) is 28.9. The SMILES string of the molecule is Cc1ccc2[nH]ncc2c1-c1c(Cl)cc2c(N3CCN(C(=O)OC(C)(C)C)CC3)nc(NC3CCN(C4CC4)CC3)nc2c1F. The Labute approximate surface area is 267 Å². The normalized spacial score (nSPS) is 18.6. The number of likely N-dealkylation sites (tertiary alicyclic amines) is 1. The highest BCUT2D eigenvalue weighted by atomic mass is 35.5. The van der Waals surface area contributed by atoms with Gasteiger partial charge in [-0.1, -0.05) is 17.7 Å². The topological polar surface area (TPSA) is 103 Å². The van der Waals surface area contributed by atoms with E-state index in [0.717, 1.165) is 48.4 Å². The number of hydrogen-bond donors (Lipinski definition) is 2. The quantitative estimate of drug-likeness (QED) is 0.261. The van der Waals surface area contributed by atoms with Gasteiger partial charge in [0.1, 0.15) is 16.9 Å². The van der Waals surface area contributed by atoms with Gasteiger partial charge >= 0.3 is 6.09 Å². The first kappa shape index (κ1) is 30.0. The highest BCUT2D eigenvalue weighted by Gasteiger charge is 2.33. The summed E-state index contributed by atoms with van der Waals surface area (Å²) in [5.74, 6) is 0.520. The Hall–Kier alpha value is -3.70. The monoisotopic (exact) mass is 634 g/mol. The molecule has 0 unspecified atom stereocenters. The van der Waals surface area contributed by atoms with Crippen LogP contribution in [-0.4, -0.2) is 93.0 Å². The van der Waals surface area contributed by atoms with Crippen LogP contribution in [-0.2, 0) is 4.74 Å². The van der Waals surface area contributed by atoms with Gasteiger partial charge in [0.15, 0.2) is 5.82 Å². The van der Waals surface area contributed by atoms with E-state index in [1.807, 2.05) is 39.8 Å². The van der Waals surface area contributed by atoms with E-state index in [0.29, 0.717) is 54.5 Å². The minimum Gasteiger partial charge on any atom is -0.444 e. The van der Waals surface area contributed by atoms with Crippen molar-refractivity contribution in [1.82, 2.24) is 30.0 Å². The number of fused-ring (bicyclic) bond motifs is 2. The zero-order chi connectivity index (χ0) is 31.5. The van der Waals surface area contributed by atoms with E-state index in [4.69, 9.17) is 26.3 Å². The molecule has 0 spiro atoms. The number of nitrogens with one attached hydrogen (secondary N) is 2. The lowest BCUT2D eigenvalue weighted by molar-refractivity contribution is 0.0240. The van der Waals surface area contributed by atoms with E-state index in [2.05, 4.69) is 25.3 Å². The van der Waals surface area contributed by atoms with Crippen molar-refractivity contribution in [3.8, 4) is 11.1 Å². The number of aromatic amines is 1. The Morgan fingerprint density at radius 1 is 1.02 bits per heavy atom. The van der Waals surface area contributed by atoms with E-state index in [9.17, 15) is 4.79 Å². The number of ether oxygens (including phenoxy) is 1. The van der Waals surface area contributed by atoms with Crippen LogP contribution in [0, 0.1) is 12.7 Å². The molecule has 2 saturated heterocycles. The molecule has 1 amide bonds. The molecule has 2 aromatic carbocycles. The van der Waals surface area contributed by atoms with E-state index >= 15 is 4.39 Å². The first-order chi connectivity index (χ1) is 21.6. The minimum absolute atomic E-state index is 0.200. The summed E-state index contributed by atoms with van der Waals surface area (Å²) in [6.07, 6.45) is 5.93. The number of rotatable bonds is 5. The molecule has 3 aliphatic rings. The largest absolute Gasteiger partial charge is 0.444 e. The molecule has 238 valence electrons. The fourth-order valence-electron chi connectivity index (χ4n) is 6.63. The van der Waals surface area contributed by atoms with E-state index in [1.54, 1.807) is 17.2 Å². The summed E-state index contributed by atoms with van der Waals surface area (Å²) in [7, 11) is 0. The fourth-order valence-corrected chi connectivity index (χ4v) is 6.92. The maximum atomic E-state index is 16.9. The number of piperazine rings is 1. The number of halogens is 2. The van der Waals surface area contributed by atoms with Crippen LogP contribution >= 0.6 is 11.6 Å². The number of H-pyrrole nitrogens is 1. The minimum atomic E-state index is -0.572. The molecule has 2 N–H and O–H groups in total. The smallest absolute Gasteiger partial charge is 0.410 e. The van der Waals surface area contributed by atoms with Gasteiger partial charge in [-0.2, -0.15) is 10.1 Å². The van der Waals surface area contributed by atoms with Crippen molar-refractivity contribution in [1.29, 1.82) is 0 Å². The molecule has 45 heavy (non-hydrogen) atoms. The Morgan fingerprint density at radius 2 is 1.76 bits per heavy atom. The molecule has 3 fully saturated rings. The first-order valence-corrected chi connectivity index (χ1v) is 16.3. The number of aryl methyl sites for hydroxylation is 1. The number of carbonyl (C=O) groups is 1. The lowest BCUT2D eigenvalue weighted by atomic mass is 9.95. The Morgan fingerprint density at radius 3 is 2.44 bits per heavy atom. The van der Waals surface area contributed by atoms with Crippen LogP contribution in [0.3, 0.4) is 0 Å². The fraction of sp³-hybridized carbons (Fsp3) is 0.515. The molecule has 10 nitrogen and oxygen atoms in total. The van der Waals surface area contributed by atoms with Crippen molar-refractivity contribution in [2.75, 3.05) is 49.5 Å². The maximum absolute atomic E-state index is 16.9. The van der Waals surface area contributed by atoms with Crippen molar-refractivity contribution < 1.29 is 13.9 Å². The van der Waals surface area contributed by atoms with Crippen LogP contribution in [0.5, 0.6) is 0 Å². The number of nitrogens with zero attached hydrogens (tertiary/aromatic N) is 6. The third-order valence-corrected chi connectivity index (χ3v) is 9.40. The number of anilines is 2. The number of hydrogen-bond acceptors (Lipinski definition) is 8. The Kier molecular flexibility index (Phi) is 7.72. The molecular formula is C33H40ClFN8O2. The van der Waals surface area contributed by atoms with Gasteiger partial charge in [0, 0.05) is 73.3 Å². The van der Waals surface area contributed by atoms with Gasteiger partial charge in [0.05, 0.1) is 16.7 Å². The zero-order valence-corrected chi connectivity index (χ0v) is 27.0. The van der Waals surface area contributed by atoms with Crippen LogP contribution in [0.25, 0.3) is 32.9 Å². The molecule has 1 aliphatic carbocycles. The average Bonchev–Trinajstić information content (AvgIpc) is 3.74. The Balaban J connectivity index is 1.26. The molecule has 0 radical (unpaired) electrons. The van der Waals surface area contributed by atoms with Crippen molar-refractivity contribution in [2.45, 2.75) is 71.1 Å². The number of carbonyl (C=O) groups excluding carboxylic acids is 1. The second-order valence-electron chi connectivity index (χ2n) is 13.5. The highest BCUT2D eigenvalue weighted by molar-refractivity contribution is 6.35. The predicted octanol–water partition coefficient (Wildman–Crippen LogP) is 6.37. The van der Waals surface area contributed by atoms with Gasteiger partial charge in [0.2, 0.25) is 5.95 Å². The lowest BCUT2D eigenvalue weighted by Crippen LogP contribution is -2.50. The number of benzene rings is 2. The van der Waals surface area contributed by atoms with Crippen LogP contribution in [0.2, 0.25) is 5.02 Å². The third kappa shape index (κ3) is 6.00. The summed E-state index contributed by atoms with van der Waals surface area (Å²) in [5.41, 5.74) is 2.33. The molecular weight excluding hydrogens is 595 g/mol.